The van der Waals surface area contributed by atoms with E-state index in [9.17, 15) is 0 Å². The van der Waals surface area contributed by atoms with Gasteiger partial charge in [-0.1, -0.05) is 17.7 Å². The van der Waals surface area contributed by atoms with Gasteiger partial charge in [-0.05, 0) is 39.1 Å². The lowest BCUT2D eigenvalue weighted by Gasteiger charge is -2.10. The van der Waals surface area contributed by atoms with Crippen LogP contribution in [-0.2, 0) is 0 Å². The number of rotatable bonds is 3. The number of likely N-dealkylation sites (N-methyl/N-ethyl adjacent to an activating group) is 1. The lowest BCUT2D eigenvalue weighted by molar-refractivity contribution is 0.696. The van der Waals surface area contributed by atoms with Crippen LogP contribution in [0.4, 0.5) is 0 Å². The maximum Gasteiger partial charge on any atom is 0.0894 e. The summed E-state index contributed by atoms with van der Waals surface area (Å²) in [5.74, 6) is 0. The van der Waals surface area contributed by atoms with Crippen LogP contribution in [0.2, 0.25) is 0 Å². The van der Waals surface area contributed by atoms with Crippen molar-refractivity contribution in [2.75, 3.05) is 7.05 Å². The Morgan fingerprint density at radius 1 is 1.29 bits per heavy atom. The minimum Gasteiger partial charge on any atom is -0.314 e. The maximum atomic E-state index is 4.57. The largest absolute Gasteiger partial charge is 0.314 e. The van der Waals surface area contributed by atoms with E-state index in [0.717, 1.165) is 16.7 Å². The second-order valence-corrected chi connectivity index (χ2v) is 4.18. The van der Waals surface area contributed by atoms with Crippen LogP contribution in [0.5, 0.6) is 0 Å². The van der Waals surface area contributed by atoms with Crippen LogP contribution < -0.4 is 5.32 Å². The molecule has 0 fully saturated rings. The third-order valence-corrected chi connectivity index (χ3v) is 2.96. The molecule has 0 amide bonds. The second kappa shape index (κ2) is 5.06. The van der Waals surface area contributed by atoms with Gasteiger partial charge in [-0.3, -0.25) is 4.98 Å². The first-order chi connectivity index (χ1) is 8.20. The first-order valence-electron chi connectivity index (χ1n) is 5.78. The Hall–Kier alpha value is -1.74. The zero-order valence-corrected chi connectivity index (χ0v) is 10.4. The number of para-hydroxylation sites is 2. The van der Waals surface area contributed by atoms with Crippen molar-refractivity contribution in [1.82, 2.24) is 15.3 Å². The van der Waals surface area contributed by atoms with Crippen LogP contribution in [0.1, 0.15) is 19.5 Å². The molecule has 1 atom stereocenters. The molecule has 0 spiro atoms. The summed E-state index contributed by atoms with van der Waals surface area (Å²) in [4.78, 5) is 8.96. The highest BCUT2D eigenvalue weighted by Crippen LogP contribution is 2.11. The number of nitrogens with one attached hydrogen (secondary N) is 1. The number of fused-ring (bicyclic) bond motifs is 1. The minimum atomic E-state index is 0.350. The van der Waals surface area contributed by atoms with E-state index in [0.29, 0.717) is 6.04 Å². The molecule has 88 valence electrons. The predicted molar refractivity (Wildman–Crippen MR) is 71.7 cm³/mol. The Kier molecular flexibility index (Phi) is 3.49. The van der Waals surface area contributed by atoms with Crippen molar-refractivity contribution in [3.8, 4) is 0 Å². The molecule has 1 unspecified atom stereocenters. The van der Waals surface area contributed by atoms with E-state index in [2.05, 4.69) is 35.2 Å². The summed E-state index contributed by atoms with van der Waals surface area (Å²) in [5, 5.41) is 3.21. The van der Waals surface area contributed by atoms with Crippen molar-refractivity contribution in [3.63, 3.8) is 0 Å². The van der Waals surface area contributed by atoms with Crippen molar-refractivity contribution >= 4 is 17.1 Å². The van der Waals surface area contributed by atoms with Gasteiger partial charge in [0.1, 0.15) is 0 Å². The zero-order valence-electron chi connectivity index (χ0n) is 10.4. The van der Waals surface area contributed by atoms with Gasteiger partial charge < -0.3 is 5.32 Å². The van der Waals surface area contributed by atoms with Crippen LogP contribution in [0.15, 0.2) is 36.0 Å². The van der Waals surface area contributed by atoms with E-state index in [4.69, 9.17) is 0 Å². The number of hydrogen-bond acceptors (Lipinski definition) is 3. The van der Waals surface area contributed by atoms with E-state index in [1.165, 1.54) is 5.57 Å². The van der Waals surface area contributed by atoms with Gasteiger partial charge in [-0.25, -0.2) is 4.98 Å². The van der Waals surface area contributed by atoms with E-state index < -0.39 is 0 Å². The molecule has 1 heterocycles. The molecular formula is C14H17N3. The topological polar surface area (TPSA) is 37.8 Å². The molecule has 0 saturated carbocycles. The van der Waals surface area contributed by atoms with Gasteiger partial charge in [0.05, 0.1) is 22.9 Å². The Balaban J connectivity index is 2.37. The van der Waals surface area contributed by atoms with Crippen LogP contribution in [-0.4, -0.2) is 23.1 Å². The highest BCUT2D eigenvalue weighted by Gasteiger charge is 2.02. The van der Waals surface area contributed by atoms with Crippen molar-refractivity contribution < 1.29 is 0 Å². The van der Waals surface area contributed by atoms with Crippen LogP contribution in [0.3, 0.4) is 0 Å². The van der Waals surface area contributed by atoms with Gasteiger partial charge >= 0.3 is 0 Å². The molecule has 0 aliphatic rings. The molecule has 2 rings (SSSR count). The van der Waals surface area contributed by atoms with Crippen LogP contribution in [0.25, 0.3) is 17.1 Å². The van der Waals surface area contributed by atoms with E-state index in [-0.39, 0.29) is 0 Å². The van der Waals surface area contributed by atoms with Gasteiger partial charge in [-0.15, -0.1) is 0 Å². The smallest absolute Gasteiger partial charge is 0.0894 e. The van der Waals surface area contributed by atoms with Gasteiger partial charge in [0.25, 0.3) is 0 Å². The number of benzene rings is 1. The second-order valence-electron chi connectivity index (χ2n) is 4.18. The monoisotopic (exact) mass is 227 g/mol. The summed E-state index contributed by atoms with van der Waals surface area (Å²) in [6, 6.07) is 8.26. The summed E-state index contributed by atoms with van der Waals surface area (Å²) >= 11 is 0. The van der Waals surface area contributed by atoms with Gasteiger partial charge in [0.2, 0.25) is 0 Å². The van der Waals surface area contributed by atoms with E-state index in [1.54, 1.807) is 0 Å². The zero-order chi connectivity index (χ0) is 12.3. The fourth-order valence-corrected chi connectivity index (χ4v) is 1.63. The Morgan fingerprint density at radius 3 is 2.71 bits per heavy atom. The molecule has 1 N–H and O–H groups in total. The van der Waals surface area contributed by atoms with Crippen LogP contribution in [0, 0.1) is 0 Å². The van der Waals surface area contributed by atoms with E-state index in [1.807, 2.05) is 37.5 Å². The molecule has 1 aromatic carbocycles. The average Bonchev–Trinajstić information content (AvgIpc) is 2.37. The Bertz CT molecular complexity index is 546. The van der Waals surface area contributed by atoms with Gasteiger partial charge in [0, 0.05) is 6.04 Å². The highest BCUT2D eigenvalue weighted by atomic mass is 14.9. The molecule has 1 aromatic heterocycles. The molecule has 0 bridgehead atoms. The van der Waals surface area contributed by atoms with Crippen molar-refractivity contribution in [3.05, 3.63) is 41.7 Å². The van der Waals surface area contributed by atoms with Crippen molar-refractivity contribution in [1.29, 1.82) is 0 Å². The summed E-state index contributed by atoms with van der Waals surface area (Å²) in [6.45, 7) is 4.22. The normalized spacial score (nSPS) is 13.9. The van der Waals surface area contributed by atoms with E-state index >= 15 is 0 Å². The standard InChI is InChI=1S/C14H17N3/c1-10(11(2)15-3)8-12-9-16-13-6-4-5-7-14(13)17-12/h4-9,11,15H,1-3H3/b10-8+. The summed E-state index contributed by atoms with van der Waals surface area (Å²) in [5.41, 5.74) is 4.02. The summed E-state index contributed by atoms with van der Waals surface area (Å²) in [7, 11) is 1.95. The molecule has 3 nitrogen and oxygen atoms in total. The molecule has 17 heavy (non-hydrogen) atoms. The fourth-order valence-electron chi connectivity index (χ4n) is 1.63. The molecule has 0 aliphatic heterocycles. The Labute approximate surface area is 102 Å². The number of hydrogen-bond donors (Lipinski definition) is 1. The maximum absolute atomic E-state index is 4.57. The third kappa shape index (κ3) is 2.68. The first kappa shape index (κ1) is 11.7. The number of nitrogens with zero attached hydrogens (tertiary/aromatic N) is 2. The lowest BCUT2D eigenvalue weighted by Crippen LogP contribution is -2.22. The summed E-state index contributed by atoms with van der Waals surface area (Å²) < 4.78 is 0. The quantitative estimate of drug-likeness (QED) is 0.876. The third-order valence-electron chi connectivity index (χ3n) is 2.96. The molecule has 2 aromatic rings. The Morgan fingerprint density at radius 2 is 2.00 bits per heavy atom. The van der Waals surface area contributed by atoms with Crippen molar-refractivity contribution in [2.24, 2.45) is 0 Å². The van der Waals surface area contributed by atoms with Gasteiger partial charge in [-0.2, -0.15) is 0 Å². The molecule has 0 aliphatic carbocycles. The molecular weight excluding hydrogens is 210 g/mol. The minimum absolute atomic E-state index is 0.350. The molecule has 0 radical (unpaired) electrons. The average molecular weight is 227 g/mol. The summed E-state index contributed by atoms with van der Waals surface area (Å²) in [6.07, 6.45) is 3.88. The fraction of sp³-hybridized carbons (Fsp3) is 0.286. The SMILES string of the molecule is CNC(C)/C(C)=C/c1cnc2ccccc2n1. The lowest BCUT2D eigenvalue weighted by atomic mass is 10.1. The van der Waals surface area contributed by atoms with Crippen LogP contribution >= 0.6 is 0 Å². The predicted octanol–water partition coefficient (Wildman–Crippen LogP) is 2.64. The molecule has 0 saturated heterocycles. The first-order valence-corrected chi connectivity index (χ1v) is 5.78. The highest BCUT2D eigenvalue weighted by molar-refractivity contribution is 5.74. The number of aromatic nitrogens is 2. The molecule has 3 heteroatoms. The van der Waals surface area contributed by atoms with Crippen molar-refractivity contribution in [2.45, 2.75) is 19.9 Å². The van der Waals surface area contributed by atoms with Gasteiger partial charge in [0.15, 0.2) is 0 Å².